The Morgan fingerprint density at radius 1 is 1.29 bits per heavy atom. The molecule has 0 fully saturated rings. The van der Waals surface area contributed by atoms with E-state index in [1.165, 1.54) is 0 Å². The van der Waals surface area contributed by atoms with Gasteiger partial charge in [0.05, 0.1) is 0 Å². The Morgan fingerprint density at radius 3 is 2.43 bits per heavy atom. The lowest BCUT2D eigenvalue weighted by atomic mass is 10.1. The molecule has 0 aliphatic carbocycles. The van der Waals surface area contributed by atoms with Crippen molar-refractivity contribution in [1.82, 2.24) is 0 Å². The van der Waals surface area contributed by atoms with Crippen LogP contribution >= 0.6 is 23.2 Å². The van der Waals surface area contributed by atoms with Gasteiger partial charge in [-0.3, -0.25) is 0 Å². The molecule has 1 atom stereocenters. The van der Waals surface area contributed by atoms with Gasteiger partial charge in [-0.1, -0.05) is 23.2 Å². The third-order valence-electron chi connectivity index (χ3n) is 1.94. The van der Waals surface area contributed by atoms with E-state index in [4.69, 9.17) is 33.7 Å². The zero-order valence-corrected chi connectivity index (χ0v) is 8.72. The molecule has 0 unspecified atom stereocenters. The number of rotatable bonds is 1. The van der Waals surface area contributed by atoms with Crippen molar-refractivity contribution in [3.8, 4) is 0 Å². The summed E-state index contributed by atoms with van der Waals surface area (Å²) in [6, 6.07) is 5.42. The van der Waals surface area contributed by atoms with Gasteiger partial charge in [0.15, 0.2) is 0 Å². The van der Waals surface area contributed by atoms with E-state index in [0.717, 1.165) is 5.56 Å². The molecule has 1 aromatic rings. The van der Waals surface area contributed by atoms with Crippen LogP contribution in [0.3, 0.4) is 0 Å². The van der Waals surface area contributed by atoms with E-state index in [-0.39, 0.29) is 12.1 Å². The first-order chi connectivity index (χ1) is 6.65. The highest BCUT2D eigenvalue weighted by atomic mass is 35.5. The van der Waals surface area contributed by atoms with Gasteiger partial charge in [-0.2, -0.15) is 0 Å². The van der Waals surface area contributed by atoms with Gasteiger partial charge < -0.3 is 10.5 Å². The molecule has 1 aliphatic rings. The predicted molar refractivity (Wildman–Crippen MR) is 56.8 cm³/mol. The van der Waals surface area contributed by atoms with E-state index < -0.39 is 0 Å². The van der Waals surface area contributed by atoms with E-state index in [2.05, 4.69) is 4.99 Å². The van der Waals surface area contributed by atoms with Crippen LogP contribution in [0, 0.1) is 0 Å². The Morgan fingerprint density at radius 2 is 1.93 bits per heavy atom. The highest BCUT2D eigenvalue weighted by Crippen LogP contribution is 2.27. The molecule has 1 aliphatic heterocycles. The summed E-state index contributed by atoms with van der Waals surface area (Å²) in [5.41, 5.74) is 6.32. The fourth-order valence-electron chi connectivity index (χ4n) is 1.33. The van der Waals surface area contributed by atoms with E-state index in [9.17, 15) is 0 Å². The zero-order chi connectivity index (χ0) is 10.1. The van der Waals surface area contributed by atoms with Crippen molar-refractivity contribution in [3.05, 3.63) is 33.8 Å². The van der Waals surface area contributed by atoms with Crippen molar-refractivity contribution in [3.63, 3.8) is 0 Å². The van der Waals surface area contributed by atoms with Crippen LogP contribution in [0.4, 0.5) is 0 Å². The smallest absolute Gasteiger partial charge is 0.282 e. The standard InChI is InChI=1S/C9H8Cl2N2O/c10-6-1-5(2-7(11)3-6)8-4-14-9(12)13-8/h1-3,8H,4H2,(H2,12,13)/t8-/m0/s1. The fraction of sp³-hybridized carbons (Fsp3) is 0.222. The molecule has 0 saturated heterocycles. The molecule has 3 nitrogen and oxygen atoms in total. The van der Waals surface area contributed by atoms with Crippen molar-refractivity contribution in [1.29, 1.82) is 0 Å². The van der Waals surface area contributed by atoms with Gasteiger partial charge in [0.1, 0.15) is 12.6 Å². The van der Waals surface area contributed by atoms with E-state index in [0.29, 0.717) is 16.7 Å². The summed E-state index contributed by atoms with van der Waals surface area (Å²) in [5.74, 6) is 0. The summed E-state index contributed by atoms with van der Waals surface area (Å²) in [6.45, 7) is 0.447. The lowest BCUT2D eigenvalue weighted by Crippen LogP contribution is -2.10. The number of ether oxygens (including phenoxy) is 1. The number of halogens is 2. The number of aliphatic imine (C=N–C) groups is 1. The number of hydrogen-bond acceptors (Lipinski definition) is 3. The van der Waals surface area contributed by atoms with Gasteiger partial charge >= 0.3 is 0 Å². The molecule has 0 radical (unpaired) electrons. The van der Waals surface area contributed by atoms with Crippen molar-refractivity contribution in [2.45, 2.75) is 6.04 Å². The van der Waals surface area contributed by atoms with Gasteiger partial charge in [0.2, 0.25) is 0 Å². The molecule has 2 rings (SSSR count). The molecule has 0 aromatic heterocycles. The minimum Gasteiger partial charge on any atom is -0.463 e. The van der Waals surface area contributed by atoms with Gasteiger partial charge in [0, 0.05) is 10.0 Å². The maximum absolute atomic E-state index is 5.86. The molecule has 1 heterocycles. The molecule has 74 valence electrons. The predicted octanol–water partition coefficient (Wildman–Crippen LogP) is 2.38. The summed E-state index contributed by atoms with van der Waals surface area (Å²) in [5, 5.41) is 1.18. The maximum Gasteiger partial charge on any atom is 0.282 e. The molecular formula is C9H8Cl2N2O. The average molecular weight is 231 g/mol. The Labute approximate surface area is 91.5 Å². The summed E-state index contributed by atoms with van der Waals surface area (Å²) < 4.78 is 5.04. The zero-order valence-electron chi connectivity index (χ0n) is 7.21. The Bertz CT molecular complexity index is 372. The second-order valence-corrected chi connectivity index (χ2v) is 3.87. The summed E-state index contributed by atoms with van der Waals surface area (Å²) in [7, 11) is 0. The van der Waals surface area contributed by atoms with E-state index in [1.807, 2.05) is 12.1 Å². The second kappa shape index (κ2) is 3.67. The number of hydrogen-bond donors (Lipinski definition) is 1. The Balaban J connectivity index is 2.32. The van der Waals surface area contributed by atoms with Crippen LogP contribution in [-0.2, 0) is 4.74 Å². The molecule has 0 saturated carbocycles. The summed E-state index contributed by atoms with van der Waals surface area (Å²) >= 11 is 11.7. The van der Waals surface area contributed by atoms with Gasteiger partial charge in [-0.25, -0.2) is 4.99 Å². The molecular weight excluding hydrogens is 223 g/mol. The van der Waals surface area contributed by atoms with Gasteiger partial charge in [-0.05, 0) is 23.8 Å². The first-order valence-corrected chi connectivity index (χ1v) is 4.83. The number of nitrogens with two attached hydrogens (primary N) is 1. The first kappa shape index (κ1) is 9.62. The van der Waals surface area contributed by atoms with Crippen molar-refractivity contribution in [2.24, 2.45) is 10.7 Å². The van der Waals surface area contributed by atoms with Crippen LogP contribution < -0.4 is 5.73 Å². The highest BCUT2D eigenvalue weighted by molar-refractivity contribution is 6.34. The van der Waals surface area contributed by atoms with Crippen LogP contribution in [0.1, 0.15) is 11.6 Å². The molecule has 2 N–H and O–H groups in total. The third-order valence-corrected chi connectivity index (χ3v) is 2.38. The molecule has 0 spiro atoms. The van der Waals surface area contributed by atoms with Crippen molar-refractivity contribution < 1.29 is 4.74 Å². The second-order valence-electron chi connectivity index (χ2n) is 3.00. The highest BCUT2D eigenvalue weighted by Gasteiger charge is 2.19. The van der Waals surface area contributed by atoms with Crippen LogP contribution in [-0.4, -0.2) is 12.6 Å². The maximum atomic E-state index is 5.86. The summed E-state index contributed by atoms with van der Waals surface area (Å²) in [6.07, 6.45) is 0. The number of nitrogens with zero attached hydrogens (tertiary/aromatic N) is 1. The van der Waals surface area contributed by atoms with Crippen LogP contribution in [0.2, 0.25) is 10.0 Å². The lowest BCUT2D eigenvalue weighted by Gasteiger charge is -2.06. The topological polar surface area (TPSA) is 47.6 Å². The first-order valence-electron chi connectivity index (χ1n) is 4.07. The normalized spacial score (nSPS) is 20.4. The van der Waals surface area contributed by atoms with Crippen LogP contribution in [0.15, 0.2) is 23.2 Å². The van der Waals surface area contributed by atoms with Gasteiger partial charge in [-0.15, -0.1) is 0 Å². The monoisotopic (exact) mass is 230 g/mol. The molecule has 14 heavy (non-hydrogen) atoms. The quantitative estimate of drug-likeness (QED) is 0.806. The minimum absolute atomic E-state index is 0.0915. The van der Waals surface area contributed by atoms with Gasteiger partial charge in [0.25, 0.3) is 6.02 Å². The average Bonchev–Trinajstić information content (AvgIpc) is 2.50. The summed E-state index contributed by atoms with van der Waals surface area (Å²) in [4.78, 5) is 4.10. The third kappa shape index (κ3) is 1.94. The fourth-order valence-corrected chi connectivity index (χ4v) is 1.87. The Hall–Kier alpha value is -0.930. The molecule has 0 amide bonds. The van der Waals surface area contributed by atoms with Crippen LogP contribution in [0.25, 0.3) is 0 Å². The number of amidine groups is 1. The van der Waals surface area contributed by atoms with E-state index in [1.54, 1.807) is 6.07 Å². The Kier molecular flexibility index (Phi) is 2.52. The van der Waals surface area contributed by atoms with E-state index >= 15 is 0 Å². The molecule has 1 aromatic carbocycles. The minimum atomic E-state index is -0.0915. The lowest BCUT2D eigenvalue weighted by molar-refractivity contribution is 0.315. The molecule has 5 heteroatoms. The van der Waals surface area contributed by atoms with Crippen molar-refractivity contribution in [2.75, 3.05) is 6.61 Å². The molecule has 0 bridgehead atoms. The number of benzene rings is 1. The largest absolute Gasteiger partial charge is 0.463 e. The SMILES string of the molecule is NC1=N[C@H](c2cc(Cl)cc(Cl)c2)CO1. The van der Waals surface area contributed by atoms with Crippen LogP contribution in [0.5, 0.6) is 0 Å². The van der Waals surface area contributed by atoms with Crippen molar-refractivity contribution >= 4 is 29.2 Å².